The Bertz CT molecular complexity index is 865. The lowest BCUT2D eigenvalue weighted by Crippen LogP contribution is -2.42. The van der Waals surface area contributed by atoms with Gasteiger partial charge in [0.15, 0.2) is 11.6 Å². The summed E-state index contributed by atoms with van der Waals surface area (Å²) in [6, 6.07) is 12.2. The molecule has 4 nitrogen and oxygen atoms in total. The molecule has 0 aromatic heterocycles. The quantitative estimate of drug-likeness (QED) is 0.831. The predicted molar refractivity (Wildman–Crippen MR) is 104 cm³/mol. The molecule has 2 fully saturated rings. The summed E-state index contributed by atoms with van der Waals surface area (Å²) in [5.41, 5.74) is 8.47. The second-order valence-electron chi connectivity index (χ2n) is 7.83. The van der Waals surface area contributed by atoms with Crippen LogP contribution in [0.4, 0.5) is 8.78 Å². The fourth-order valence-corrected chi connectivity index (χ4v) is 3.88. The predicted octanol–water partition coefficient (Wildman–Crippen LogP) is 3.17. The minimum absolute atomic E-state index is 0.0554. The maximum absolute atomic E-state index is 13.4. The molecule has 1 amide bonds. The Balaban J connectivity index is 1.33. The van der Waals surface area contributed by atoms with Crippen molar-refractivity contribution in [3.63, 3.8) is 0 Å². The van der Waals surface area contributed by atoms with E-state index in [4.69, 9.17) is 5.73 Å². The van der Waals surface area contributed by atoms with E-state index in [1.807, 2.05) is 29.2 Å². The van der Waals surface area contributed by atoms with Crippen molar-refractivity contribution in [1.82, 2.24) is 10.2 Å². The first kappa shape index (κ1) is 19.0. The Hall–Kier alpha value is -2.31. The number of hydrogen-bond acceptors (Lipinski definition) is 3. The van der Waals surface area contributed by atoms with Crippen molar-refractivity contribution >= 4 is 5.91 Å². The first-order valence-electron chi connectivity index (χ1n) is 9.83. The number of nitrogens with one attached hydrogen (secondary N) is 1. The van der Waals surface area contributed by atoms with Gasteiger partial charge in [0.2, 0.25) is 0 Å². The lowest BCUT2D eigenvalue weighted by molar-refractivity contribution is 0.0714. The Morgan fingerprint density at radius 2 is 1.89 bits per heavy atom. The standard InChI is InChI=1S/C22H25F2N3O/c23-19-5-4-15(11-20(19)24)18-12-21(18)26-13-14-2-1-3-16(10-14)22(28)27-8-6-17(25)7-9-27/h1-5,10-11,17-18,21,26H,6-9,12-13,25H2/t18-,21+/m0/s1. The molecule has 4 rings (SSSR count). The molecule has 1 aliphatic carbocycles. The van der Waals surface area contributed by atoms with E-state index in [0.717, 1.165) is 30.4 Å². The minimum atomic E-state index is -0.814. The lowest BCUT2D eigenvalue weighted by atomic mass is 10.0. The fourth-order valence-electron chi connectivity index (χ4n) is 3.88. The molecule has 0 unspecified atom stereocenters. The maximum Gasteiger partial charge on any atom is 0.253 e. The van der Waals surface area contributed by atoms with E-state index in [2.05, 4.69) is 5.32 Å². The summed E-state index contributed by atoms with van der Waals surface area (Å²) < 4.78 is 26.5. The van der Waals surface area contributed by atoms with Crippen LogP contribution < -0.4 is 11.1 Å². The number of nitrogens with two attached hydrogens (primary N) is 1. The maximum atomic E-state index is 13.4. The highest BCUT2D eigenvalue weighted by atomic mass is 19.2. The van der Waals surface area contributed by atoms with Gasteiger partial charge in [0.1, 0.15) is 0 Å². The van der Waals surface area contributed by atoms with Gasteiger partial charge < -0.3 is 16.0 Å². The third-order valence-electron chi connectivity index (χ3n) is 5.73. The summed E-state index contributed by atoms with van der Waals surface area (Å²) in [6.07, 6.45) is 2.60. The average Bonchev–Trinajstić information content (AvgIpc) is 3.48. The van der Waals surface area contributed by atoms with Crippen LogP contribution in [0.2, 0.25) is 0 Å². The number of piperidine rings is 1. The van der Waals surface area contributed by atoms with Gasteiger partial charge in [-0.15, -0.1) is 0 Å². The van der Waals surface area contributed by atoms with Crippen LogP contribution in [0.25, 0.3) is 0 Å². The van der Waals surface area contributed by atoms with Crippen LogP contribution in [-0.2, 0) is 6.54 Å². The zero-order valence-electron chi connectivity index (χ0n) is 15.7. The molecule has 2 aromatic carbocycles. The van der Waals surface area contributed by atoms with E-state index in [9.17, 15) is 13.6 Å². The molecule has 0 bridgehead atoms. The van der Waals surface area contributed by atoms with Crippen molar-refractivity contribution in [2.24, 2.45) is 5.73 Å². The molecular weight excluding hydrogens is 360 g/mol. The lowest BCUT2D eigenvalue weighted by Gasteiger charge is -2.30. The molecule has 148 valence electrons. The fraction of sp³-hybridized carbons (Fsp3) is 0.409. The zero-order chi connectivity index (χ0) is 19.7. The van der Waals surface area contributed by atoms with Crippen LogP contribution in [0.3, 0.4) is 0 Å². The van der Waals surface area contributed by atoms with E-state index in [1.165, 1.54) is 12.1 Å². The molecule has 2 aromatic rings. The number of rotatable bonds is 5. The van der Waals surface area contributed by atoms with Crippen LogP contribution in [0.15, 0.2) is 42.5 Å². The van der Waals surface area contributed by atoms with Crippen molar-refractivity contribution in [3.05, 3.63) is 70.8 Å². The Morgan fingerprint density at radius 1 is 1.11 bits per heavy atom. The van der Waals surface area contributed by atoms with Crippen LogP contribution in [0, 0.1) is 11.6 Å². The van der Waals surface area contributed by atoms with Crippen molar-refractivity contribution < 1.29 is 13.6 Å². The summed E-state index contributed by atoms with van der Waals surface area (Å²) in [5, 5.41) is 3.45. The van der Waals surface area contributed by atoms with Crippen LogP contribution in [0.5, 0.6) is 0 Å². The summed E-state index contributed by atoms with van der Waals surface area (Å²) in [5.74, 6) is -1.35. The number of carbonyl (C=O) groups excluding carboxylic acids is 1. The topological polar surface area (TPSA) is 58.4 Å². The number of amides is 1. The second kappa shape index (κ2) is 7.97. The van der Waals surface area contributed by atoms with E-state index in [0.29, 0.717) is 25.2 Å². The largest absolute Gasteiger partial charge is 0.339 e. The van der Waals surface area contributed by atoms with Crippen molar-refractivity contribution in [2.45, 2.75) is 43.8 Å². The molecule has 28 heavy (non-hydrogen) atoms. The van der Waals surface area contributed by atoms with Crippen molar-refractivity contribution in [1.29, 1.82) is 0 Å². The number of hydrogen-bond donors (Lipinski definition) is 2. The van der Waals surface area contributed by atoms with Gasteiger partial charge in [-0.05, 0) is 54.7 Å². The zero-order valence-corrected chi connectivity index (χ0v) is 15.7. The van der Waals surface area contributed by atoms with Gasteiger partial charge in [0.25, 0.3) is 5.91 Å². The van der Waals surface area contributed by atoms with Gasteiger partial charge in [-0.2, -0.15) is 0 Å². The molecule has 2 aliphatic rings. The average molecular weight is 385 g/mol. The first-order valence-corrected chi connectivity index (χ1v) is 9.83. The molecule has 6 heteroatoms. The highest BCUT2D eigenvalue weighted by Crippen LogP contribution is 2.41. The molecule has 1 saturated carbocycles. The summed E-state index contributed by atoms with van der Waals surface area (Å²) >= 11 is 0. The molecule has 1 saturated heterocycles. The molecule has 0 radical (unpaired) electrons. The second-order valence-corrected chi connectivity index (χ2v) is 7.83. The van der Waals surface area contributed by atoms with E-state index >= 15 is 0 Å². The number of benzene rings is 2. The molecule has 0 spiro atoms. The minimum Gasteiger partial charge on any atom is -0.339 e. The summed E-state index contributed by atoms with van der Waals surface area (Å²) in [4.78, 5) is 14.6. The smallest absolute Gasteiger partial charge is 0.253 e. The summed E-state index contributed by atoms with van der Waals surface area (Å²) in [7, 11) is 0. The van der Waals surface area contributed by atoms with Crippen LogP contribution >= 0.6 is 0 Å². The molecular formula is C22H25F2N3O. The van der Waals surface area contributed by atoms with Gasteiger partial charge in [-0.25, -0.2) is 8.78 Å². The third kappa shape index (κ3) is 4.23. The molecule has 1 aliphatic heterocycles. The monoisotopic (exact) mass is 385 g/mol. The van der Waals surface area contributed by atoms with Gasteiger partial charge >= 0.3 is 0 Å². The number of carbonyl (C=O) groups is 1. The Labute approximate surface area is 163 Å². The highest BCUT2D eigenvalue weighted by molar-refractivity contribution is 5.94. The summed E-state index contributed by atoms with van der Waals surface area (Å²) in [6.45, 7) is 2.05. The van der Waals surface area contributed by atoms with Crippen LogP contribution in [0.1, 0.15) is 46.7 Å². The van der Waals surface area contributed by atoms with Gasteiger partial charge in [0.05, 0.1) is 0 Å². The number of halogens is 2. The third-order valence-corrected chi connectivity index (χ3v) is 5.73. The van der Waals surface area contributed by atoms with Gasteiger partial charge in [0, 0.05) is 43.2 Å². The molecule has 2 atom stereocenters. The van der Waals surface area contributed by atoms with Gasteiger partial charge in [-0.1, -0.05) is 18.2 Å². The number of nitrogens with zero attached hydrogens (tertiary/aromatic N) is 1. The van der Waals surface area contributed by atoms with E-state index in [1.54, 1.807) is 6.07 Å². The van der Waals surface area contributed by atoms with Crippen molar-refractivity contribution in [2.75, 3.05) is 13.1 Å². The Morgan fingerprint density at radius 3 is 2.64 bits per heavy atom. The molecule has 3 N–H and O–H groups in total. The highest BCUT2D eigenvalue weighted by Gasteiger charge is 2.38. The van der Waals surface area contributed by atoms with E-state index in [-0.39, 0.29) is 23.9 Å². The Kier molecular flexibility index (Phi) is 5.42. The van der Waals surface area contributed by atoms with E-state index < -0.39 is 11.6 Å². The van der Waals surface area contributed by atoms with Crippen LogP contribution in [-0.4, -0.2) is 36.0 Å². The normalized spacial score (nSPS) is 22.3. The first-order chi connectivity index (χ1) is 13.5. The number of likely N-dealkylation sites (tertiary alicyclic amines) is 1. The SMILES string of the molecule is NC1CCN(C(=O)c2cccc(CN[C@@H]3C[C@H]3c3ccc(F)c(F)c3)c2)CC1. The van der Waals surface area contributed by atoms with Gasteiger partial charge in [-0.3, -0.25) is 4.79 Å². The molecule has 1 heterocycles. The van der Waals surface area contributed by atoms with Crippen molar-refractivity contribution in [3.8, 4) is 0 Å².